The molecule has 0 spiro atoms. The van der Waals surface area contributed by atoms with Crippen molar-refractivity contribution in [3.63, 3.8) is 0 Å². The minimum atomic E-state index is 0.207. The molecule has 0 aliphatic rings. The van der Waals surface area contributed by atoms with Crippen LogP contribution in [0.1, 0.15) is 24.6 Å². The Labute approximate surface area is 116 Å². The second-order valence-electron chi connectivity index (χ2n) is 4.53. The molecule has 104 valence electrons. The van der Waals surface area contributed by atoms with Crippen LogP contribution in [-0.4, -0.2) is 27.7 Å². The lowest BCUT2D eigenvalue weighted by Gasteiger charge is -2.15. The van der Waals surface area contributed by atoms with Gasteiger partial charge < -0.3 is 10.4 Å². The summed E-state index contributed by atoms with van der Waals surface area (Å²) in [5.41, 5.74) is 2.49. The fourth-order valence-electron chi connectivity index (χ4n) is 1.92. The van der Waals surface area contributed by atoms with Gasteiger partial charge in [-0.1, -0.05) is 0 Å². The molecular formula is C12H19N5OS. The van der Waals surface area contributed by atoms with Gasteiger partial charge in [0.2, 0.25) is 5.95 Å². The molecule has 0 fully saturated rings. The van der Waals surface area contributed by atoms with Crippen LogP contribution in [0.25, 0.3) is 10.2 Å². The number of nitrogens with one attached hydrogen (secondary N) is 2. The Morgan fingerprint density at radius 3 is 2.95 bits per heavy atom. The fourth-order valence-corrected chi connectivity index (χ4v) is 2.80. The zero-order valence-corrected chi connectivity index (χ0v) is 11.9. The Kier molecular flexibility index (Phi) is 4.52. The van der Waals surface area contributed by atoms with Crippen molar-refractivity contribution >= 4 is 33.3 Å². The highest BCUT2D eigenvalue weighted by Crippen LogP contribution is 2.29. The predicted octanol–water partition coefficient (Wildman–Crippen LogP) is 1.86. The summed E-state index contributed by atoms with van der Waals surface area (Å²) in [6, 6.07) is 2.30. The molecule has 0 bridgehead atoms. The number of nitrogens with zero attached hydrogens (tertiary/aromatic N) is 2. The van der Waals surface area contributed by atoms with Crippen molar-refractivity contribution < 1.29 is 5.11 Å². The van der Waals surface area contributed by atoms with Crippen molar-refractivity contribution in [1.82, 2.24) is 9.97 Å². The van der Waals surface area contributed by atoms with Crippen LogP contribution in [0.2, 0.25) is 0 Å². The molecule has 0 aliphatic heterocycles. The normalized spacial score (nSPS) is 12.6. The van der Waals surface area contributed by atoms with Gasteiger partial charge in [0.15, 0.2) is 0 Å². The van der Waals surface area contributed by atoms with Crippen molar-refractivity contribution in [2.24, 2.45) is 5.84 Å². The molecule has 0 saturated heterocycles. The lowest BCUT2D eigenvalue weighted by atomic mass is 10.2. The third-order valence-electron chi connectivity index (χ3n) is 2.82. The summed E-state index contributed by atoms with van der Waals surface area (Å²) in [6.45, 7) is 4.32. The fraction of sp³-hybridized carbons (Fsp3) is 0.500. The first-order chi connectivity index (χ1) is 9.13. The van der Waals surface area contributed by atoms with Gasteiger partial charge in [-0.2, -0.15) is 4.98 Å². The maximum atomic E-state index is 8.86. The van der Waals surface area contributed by atoms with Crippen molar-refractivity contribution in [3.8, 4) is 0 Å². The van der Waals surface area contributed by atoms with Crippen LogP contribution in [-0.2, 0) is 0 Å². The Morgan fingerprint density at radius 2 is 2.26 bits per heavy atom. The van der Waals surface area contributed by atoms with Gasteiger partial charge in [-0.05, 0) is 32.8 Å². The van der Waals surface area contributed by atoms with Gasteiger partial charge in [0.1, 0.15) is 10.6 Å². The number of anilines is 2. The number of aromatic nitrogens is 2. The molecule has 1 unspecified atom stereocenters. The molecule has 0 saturated carbocycles. The standard InChI is InChI=1S/C12H19N5OS/c1-7(4-3-5-18)14-10-9-6-8(2)19-11(9)16-12(15-10)17-13/h6-7,18H,3-5,13H2,1-2H3,(H2,14,15,16,17). The van der Waals surface area contributed by atoms with Gasteiger partial charge in [0, 0.05) is 17.5 Å². The van der Waals surface area contributed by atoms with E-state index < -0.39 is 0 Å². The van der Waals surface area contributed by atoms with E-state index in [-0.39, 0.29) is 12.6 Å². The minimum Gasteiger partial charge on any atom is -0.396 e. The smallest absolute Gasteiger partial charge is 0.240 e. The number of hydrogen-bond donors (Lipinski definition) is 4. The van der Waals surface area contributed by atoms with E-state index in [2.05, 4.69) is 33.7 Å². The molecule has 0 amide bonds. The first-order valence-corrected chi connectivity index (χ1v) is 7.08. The molecule has 2 aromatic rings. The zero-order valence-electron chi connectivity index (χ0n) is 11.1. The zero-order chi connectivity index (χ0) is 13.8. The van der Waals surface area contributed by atoms with E-state index in [4.69, 9.17) is 10.9 Å². The number of thiophene rings is 1. The Bertz CT molecular complexity index is 556. The van der Waals surface area contributed by atoms with Crippen LogP contribution in [0.15, 0.2) is 6.07 Å². The quantitative estimate of drug-likeness (QED) is 0.477. The molecule has 5 N–H and O–H groups in total. The Morgan fingerprint density at radius 1 is 1.47 bits per heavy atom. The number of nitrogen functional groups attached to an aromatic ring is 1. The number of hydrazine groups is 1. The Hall–Kier alpha value is -1.44. The summed E-state index contributed by atoms with van der Waals surface area (Å²) in [6.07, 6.45) is 1.66. The lowest BCUT2D eigenvalue weighted by molar-refractivity contribution is 0.282. The molecule has 1 atom stereocenters. The number of fused-ring (bicyclic) bond motifs is 1. The summed E-state index contributed by atoms with van der Waals surface area (Å²) in [5, 5.41) is 13.2. The number of aryl methyl sites for hydroxylation is 1. The molecule has 0 radical (unpaired) electrons. The van der Waals surface area contributed by atoms with Gasteiger partial charge >= 0.3 is 0 Å². The van der Waals surface area contributed by atoms with E-state index in [0.29, 0.717) is 5.95 Å². The number of aliphatic hydroxyl groups excluding tert-OH is 1. The van der Waals surface area contributed by atoms with E-state index in [1.165, 1.54) is 4.88 Å². The van der Waals surface area contributed by atoms with Crippen LogP contribution in [0.5, 0.6) is 0 Å². The number of rotatable bonds is 6. The summed E-state index contributed by atoms with van der Waals surface area (Å²) < 4.78 is 0. The molecule has 2 heterocycles. The van der Waals surface area contributed by atoms with E-state index in [0.717, 1.165) is 28.9 Å². The van der Waals surface area contributed by atoms with Gasteiger partial charge in [0.05, 0.1) is 5.39 Å². The van der Waals surface area contributed by atoms with E-state index in [9.17, 15) is 0 Å². The second-order valence-corrected chi connectivity index (χ2v) is 5.76. The topological polar surface area (TPSA) is 96.1 Å². The van der Waals surface area contributed by atoms with Crippen LogP contribution in [0.3, 0.4) is 0 Å². The number of nitrogens with two attached hydrogens (primary N) is 1. The van der Waals surface area contributed by atoms with Crippen LogP contribution in [0.4, 0.5) is 11.8 Å². The molecule has 6 nitrogen and oxygen atoms in total. The maximum Gasteiger partial charge on any atom is 0.240 e. The molecular weight excluding hydrogens is 262 g/mol. The molecule has 0 aliphatic carbocycles. The van der Waals surface area contributed by atoms with Crippen molar-refractivity contribution in [2.45, 2.75) is 32.7 Å². The Balaban J connectivity index is 2.29. The molecule has 19 heavy (non-hydrogen) atoms. The van der Waals surface area contributed by atoms with Gasteiger partial charge in [-0.3, -0.25) is 5.43 Å². The monoisotopic (exact) mass is 281 g/mol. The molecule has 2 aromatic heterocycles. The molecule has 2 rings (SSSR count). The van der Waals surface area contributed by atoms with Gasteiger partial charge in [0.25, 0.3) is 0 Å². The lowest BCUT2D eigenvalue weighted by Crippen LogP contribution is -2.18. The summed E-state index contributed by atoms with van der Waals surface area (Å²) in [7, 11) is 0. The SMILES string of the molecule is Cc1cc2c(NC(C)CCCO)nc(NN)nc2s1. The van der Waals surface area contributed by atoms with Gasteiger partial charge in [-0.15, -0.1) is 11.3 Å². The maximum absolute atomic E-state index is 8.86. The largest absolute Gasteiger partial charge is 0.396 e. The highest BCUT2D eigenvalue weighted by molar-refractivity contribution is 7.18. The predicted molar refractivity (Wildman–Crippen MR) is 79.4 cm³/mol. The average molecular weight is 281 g/mol. The molecule has 7 heteroatoms. The first kappa shape index (κ1) is 14.0. The van der Waals surface area contributed by atoms with E-state index in [1.54, 1.807) is 11.3 Å². The average Bonchev–Trinajstić information content (AvgIpc) is 2.76. The van der Waals surface area contributed by atoms with Crippen LogP contribution >= 0.6 is 11.3 Å². The van der Waals surface area contributed by atoms with Crippen molar-refractivity contribution in [1.29, 1.82) is 0 Å². The summed E-state index contributed by atoms with van der Waals surface area (Å²) >= 11 is 1.61. The summed E-state index contributed by atoms with van der Waals surface area (Å²) in [4.78, 5) is 10.8. The van der Waals surface area contributed by atoms with Crippen molar-refractivity contribution in [2.75, 3.05) is 17.3 Å². The first-order valence-electron chi connectivity index (χ1n) is 6.26. The van der Waals surface area contributed by atoms with Gasteiger partial charge in [-0.25, -0.2) is 10.8 Å². The third-order valence-corrected chi connectivity index (χ3v) is 3.77. The van der Waals surface area contributed by atoms with Crippen molar-refractivity contribution in [3.05, 3.63) is 10.9 Å². The van der Waals surface area contributed by atoms with Crippen LogP contribution in [0, 0.1) is 6.92 Å². The van der Waals surface area contributed by atoms with E-state index >= 15 is 0 Å². The van der Waals surface area contributed by atoms with Crippen LogP contribution < -0.4 is 16.6 Å². The highest BCUT2D eigenvalue weighted by Gasteiger charge is 2.12. The summed E-state index contributed by atoms with van der Waals surface area (Å²) in [5.74, 6) is 6.59. The van der Waals surface area contributed by atoms with E-state index in [1.807, 2.05) is 6.92 Å². The highest BCUT2D eigenvalue weighted by atomic mass is 32.1. The second kappa shape index (κ2) is 6.14. The molecule has 0 aromatic carbocycles. The minimum absolute atomic E-state index is 0.207. The number of aliphatic hydroxyl groups is 1. The number of hydrogen-bond acceptors (Lipinski definition) is 7. The third kappa shape index (κ3) is 3.31.